The zero-order valence-electron chi connectivity index (χ0n) is 16.1. The fourth-order valence-electron chi connectivity index (χ4n) is 3.68. The molecule has 0 bridgehead atoms. The molecule has 1 aliphatic carbocycles. The third-order valence-corrected chi connectivity index (χ3v) is 6.25. The first kappa shape index (κ1) is 17.4. The van der Waals surface area contributed by atoms with Crippen LogP contribution in [0.2, 0.25) is 0 Å². The minimum Gasteiger partial charge on any atom is -0.348 e. The molecular weight excluding hydrogens is 364 g/mol. The van der Waals surface area contributed by atoms with Crippen LogP contribution in [0.5, 0.6) is 0 Å². The van der Waals surface area contributed by atoms with Crippen LogP contribution in [0, 0.1) is 5.92 Å². The van der Waals surface area contributed by atoms with E-state index in [2.05, 4.69) is 57.5 Å². The Morgan fingerprint density at radius 1 is 1.18 bits per heavy atom. The number of fused-ring (bicyclic) bond motifs is 1. The Balaban J connectivity index is 1.50. The quantitative estimate of drug-likeness (QED) is 0.423. The van der Waals surface area contributed by atoms with Gasteiger partial charge in [-0.2, -0.15) is 0 Å². The largest absolute Gasteiger partial charge is 0.348 e. The Bertz CT molecular complexity index is 1080. The van der Waals surface area contributed by atoms with Gasteiger partial charge in [0, 0.05) is 47.4 Å². The predicted octanol–water partition coefficient (Wildman–Crippen LogP) is 5.98. The van der Waals surface area contributed by atoms with Gasteiger partial charge < -0.3 is 9.88 Å². The van der Waals surface area contributed by atoms with Crippen LogP contribution in [0.1, 0.15) is 26.2 Å². The number of nitrogens with one attached hydrogen (secondary N) is 1. The molecule has 28 heavy (non-hydrogen) atoms. The van der Waals surface area contributed by atoms with E-state index in [1.54, 1.807) is 11.3 Å². The van der Waals surface area contributed by atoms with Gasteiger partial charge in [-0.3, -0.25) is 0 Å². The van der Waals surface area contributed by atoms with E-state index in [1.807, 2.05) is 18.5 Å². The lowest BCUT2D eigenvalue weighted by molar-refractivity contribution is 0.706. The van der Waals surface area contributed by atoms with Crippen LogP contribution < -0.4 is 4.90 Å². The highest BCUT2D eigenvalue weighted by Crippen LogP contribution is 2.36. The summed E-state index contributed by atoms with van der Waals surface area (Å²) in [6, 6.07) is 12.6. The molecule has 1 N–H and O–H groups in total. The van der Waals surface area contributed by atoms with Crippen LogP contribution in [0.15, 0.2) is 54.2 Å². The number of hydrogen-bond acceptors (Lipinski definition) is 4. The minimum atomic E-state index is 0.865. The highest BCUT2D eigenvalue weighted by Gasteiger charge is 2.25. The number of anilines is 1. The maximum atomic E-state index is 5.00. The first-order chi connectivity index (χ1) is 13.8. The zero-order valence-corrected chi connectivity index (χ0v) is 16.9. The molecule has 142 valence electrons. The summed E-state index contributed by atoms with van der Waals surface area (Å²) in [5.41, 5.74) is 5.39. The van der Waals surface area contributed by atoms with Crippen LogP contribution >= 0.6 is 11.3 Å². The molecule has 3 heterocycles. The highest BCUT2D eigenvalue weighted by molar-refractivity contribution is 7.14. The third kappa shape index (κ3) is 3.42. The second-order valence-electron chi connectivity index (χ2n) is 7.59. The molecule has 5 heteroatoms. The van der Waals surface area contributed by atoms with Gasteiger partial charge in [0.2, 0.25) is 0 Å². The maximum Gasteiger partial charge on any atom is 0.185 e. The molecule has 0 aliphatic heterocycles. The van der Waals surface area contributed by atoms with Gasteiger partial charge >= 0.3 is 0 Å². The minimum absolute atomic E-state index is 0.865. The van der Waals surface area contributed by atoms with E-state index in [4.69, 9.17) is 4.98 Å². The number of nitrogens with zero attached hydrogens (tertiary/aromatic N) is 3. The molecule has 1 fully saturated rings. The SMILES string of the molecule is CCCN(CC1CC1)c1nc(-c2c[nH]c3ncc(-c4ccccc4)cc23)cs1. The van der Waals surface area contributed by atoms with Crippen LogP contribution in [-0.4, -0.2) is 28.0 Å². The second-order valence-corrected chi connectivity index (χ2v) is 8.43. The lowest BCUT2D eigenvalue weighted by atomic mass is 10.1. The first-order valence-corrected chi connectivity index (χ1v) is 10.9. The Morgan fingerprint density at radius 2 is 2.04 bits per heavy atom. The average Bonchev–Trinajstić information content (AvgIpc) is 3.25. The molecule has 4 nitrogen and oxygen atoms in total. The molecule has 1 saturated carbocycles. The van der Waals surface area contributed by atoms with Gasteiger partial charge in [0.05, 0.1) is 5.69 Å². The summed E-state index contributed by atoms with van der Waals surface area (Å²) >= 11 is 1.76. The van der Waals surface area contributed by atoms with Crippen molar-refractivity contribution in [3.8, 4) is 22.4 Å². The lowest BCUT2D eigenvalue weighted by Gasteiger charge is -2.20. The van der Waals surface area contributed by atoms with Crippen LogP contribution in [-0.2, 0) is 0 Å². The summed E-state index contributed by atoms with van der Waals surface area (Å²) in [4.78, 5) is 15.4. The van der Waals surface area contributed by atoms with Gasteiger partial charge in [0.15, 0.2) is 5.13 Å². The van der Waals surface area contributed by atoms with Gasteiger partial charge in [0.25, 0.3) is 0 Å². The number of thiazole rings is 1. The molecule has 1 aromatic carbocycles. The van der Waals surface area contributed by atoms with E-state index in [9.17, 15) is 0 Å². The molecule has 0 amide bonds. The standard InChI is InChI=1S/C23H24N4S/c1-2-10-27(14-16-8-9-16)23-26-21(15-28-23)20-13-25-22-19(20)11-18(12-24-22)17-6-4-3-5-7-17/h3-7,11-13,15-16H,2,8-10,14H2,1H3,(H,24,25). The van der Waals surface area contributed by atoms with E-state index in [1.165, 1.54) is 18.4 Å². The summed E-state index contributed by atoms with van der Waals surface area (Å²) in [5.74, 6) is 0.865. The fraction of sp³-hybridized carbons (Fsp3) is 0.304. The number of aromatic nitrogens is 3. The van der Waals surface area contributed by atoms with E-state index < -0.39 is 0 Å². The summed E-state index contributed by atoms with van der Waals surface area (Å²) in [5, 5.41) is 4.45. The Hall–Kier alpha value is -2.66. The van der Waals surface area contributed by atoms with Crippen molar-refractivity contribution < 1.29 is 0 Å². The smallest absolute Gasteiger partial charge is 0.185 e. The number of H-pyrrole nitrogens is 1. The van der Waals surface area contributed by atoms with E-state index in [0.717, 1.165) is 58.4 Å². The number of pyridine rings is 1. The highest BCUT2D eigenvalue weighted by atomic mass is 32.1. The van der Waals surface area contributed by atoms with Crippen molar-refractivity contribution in [2.24, 2.45) is 5.92 Å². The molecule has 1 aliphatic rings. The monoisotopic (exact) mass is 388 g/mol. The van der Waals surface area contributed by atoms with Crippen molar-refractivity contribution >= 4 is 27.5 Å². The molecular formula is C23H24N4S. The third-order valence-electron chi connectivity index (χ3n) is 5.35. The molecule has 0 radical (unpaired) electrons. The summed E-state index contributed by atoms with van der Waals surface area (Å²) in [6.07, 6.45) is 7.86. The zero-order chi connectivity index (χ0) is 18.9. The average molecular weight is 389 g/mol. The molecule has 0 spiro atoms. The number of rotatable bonds is 7. The summed E-state index contributed by atoms with van der Waals surface area (Å²) < 4.78 is 0. The summed E-state index contributed by atoms with van der Waals surface area (Å²) in [7, 11) is 0. The topological polar surface area (TPSA) is 44.8 Å². The van der Waals surface area contributed by atoms with E-state index in [-0.39, 0.29) is 0 Å². The number of benzene rings is 1. The molecule has 0 atom stereocenters. The Kier molecular flexibility index (Phi) is 4.61. The van der Waals surface area contributed by atoms with Crippen molar-refractivity contribution in [3.05, 3.63) is 54.2 Å². The molecule has 4 aromatic rings. The van der Waals surface area contributed by atoms with Crippen molar-refractivity contribution in [3.63, 3.8) is 0 Å². The van der Waals surface area contributed by atoms with Crippen molar-refractivity contribution in [2.45, 2.75) is 26.2 Å². The molecule has 0 saturated heterocycles. The van der Waals surface area contributed by atoms with Gasteiger partial charge in [-0.05, 0) is 36.8 Å². The molecule has 0 unspecified atom stereocenters. The number of aromatic amines is 1. The normalized spacial score (nSPS) is 13.9. The van der Waals surface area contributed by atoms with Crippen molar-refractivity contribution in [2.75, 3.05) is 18.0 Å². The maximum absolute atomic E-state index is 5.00. The number of hydrogen-bond donors (Lipinski definition) is 1. The first-order valence-electron chi connectivity index (χ1n) is 10.0. The summed E-state index contributed by atoms with van der Waals surface area (Å²) in [6.45, 7) is 4.47. The molecule has 5 rings (SSSR count). The van der Waals surface area contributed by atoms with Crippen LogP contribution in [0.3, 0.4) is 0 Å². The van der Waals surface area contributed by atoms with Crippen LogP contribution in [0.25, 0.3) is 33.4 Å². The van der Waals surface area contributed by atoms with Crippen molar-refractivity contribution in [1.29, 1.82) is 0 Å². The van der Waals surface area contributed by atoms with Gasteiger partial charge in [0.1, 0.15) is 5.65 Å². The Labute approximate surface area is 169 Å². The van der Waals surface area contributed by atoms with Gasteiger partial charge in [-0.15, -0.1) is 11.3 Å². The van der Waals surface area contributed by atoms with Crippen molar-refractivity contribution in [1.82, 2.24) is 15.0 Å². The Morgan fingerprint density at radius 3 is 2.82 bits per heavy atom. The van der Waals surface area contributed by atoms with Gasteiger partial charge in [-0.1, -0.05) is 37.3 Å². The fourth-order valence-corrected chi connectivity index (χ4v) is 4.55. The lowest BCUT2D eigenvalue weighted by Crippen LogP contribution is -2.26. The van der Waals surface area contributed by atoms with Gasteiger partial charge in [-0.25, -0.2) is 9.97 Å². The van der Waals surface area contributed by atoms with E-state index in [0.29, 0.717) is 0 Å². The second kappa shape index (κ2) is 7.40. The molecule has 3 aromatic heterocycles. The van der Waals surface area contributed by atoms with Crippen LogP contribution in [0.4, 0.5) is 5.13 Å². The van der Waals surface area contributed by atoms with E-state index >= 15 is 0 Å². The predicted molar refractivity (Wildman–Crippen MR) is 118 cm³/mol.